The van der Waals surface area contributed by atoms with Gasteiger partial charge in [0.2, 0.25) is 0 Å². The zero-order valence-electron chi connectivity index (χ0n) is 15.6. The van der Waals surface area contributed by atoms with Crippen LogP contribution in [-0.4, -0.2) is 90.3 Å². The summed E-state index contributed by atoms with van der Waals surface area (Å²) in [5.74, 6) is 0.956. The molecular formula is C16H32IN7. The van der Waals surface area contributed by atoms with Crippen molar-refractivity contribution in [3.8, 4) is 0 Å². The minimum atomic E-state index is 0. The van der Waals surface area contributed by atoms with E-state index in [4.69, 9.17) is 4.99 Å². The number of guanidine groups is 1. The maximum absolute atomic E-state index is 4.86. The Balaban J connectivity index is 0.00000288. The van der Waals surface area contributed by atoms with E-state index in [0.717, 1.165) is 45.2 Å². The highest BCUT2D eigenvalue weighted by atomic mass is 127. The fourth-order valence-electron chi connectivity index (χ4n) is 2.86. The largest absolute Gasteiger partial charge is 0.357 e. The van der Waals surface area contributed by atoms with Crippen molar-refractivity contribution in [2.24, 2.45) is 12.0 Å². The van der Waals surface area contributed by atoms with Crippen molar-refractivity contribution < 1.29 is 0 Å². The van der Waals surface area contributed by atoms with Gasteiger partial charge in [0.05, 0.1) is 12.7 Å². The summed E-state index contributed by atoms with van der Waals surface area (Å²) < 4.78 is 1.83. The van der Waals surface area contributed by atoms with Gasteiger partial charge in [-0.25, -0.2) is 0 Å². The number of hydrogen-bond donors (Lipinski definition) is 1. The van der Waals surface area contributed by atoms with Gasteiger partial charge >= 0.3 is 0 Å². The van der Waals surface area contributed by atoms with Crippen molar-refractivity contribution >= 4 is 29.9 Å². The second-order valence-corrected chi connectivity index (χ2v) is 6.47. The van der Waals surface area contributed by atoms with Gasteiger partial charge in [0.25, 0.3) is 0 Å². The summed E-state index contributed by atoms with van der Waals surface area (Å²) in [6, 6.07) is 0.481. The van der Waals surface area contributed by atoms with E-state index in [0.29, 0.717) is 6.04 Å². The quantitative estimate of drug-likeness (QED) is 0.407. The molecule has 0 saturated carbocycles. The van der Waals surface area contributed by atoms with E-state index in [2.05, 4.69) is 53.2 Å². The molecule has 1 fully saturated rings. The molecule has 0 amide bonds. The van der Waals surface area contributed by atoms with E-state index >= 15 is 0 Å². The van der Waals surface area contributed by atoms with E-state index < -0.39 is 0 Å². The molecule has 1 unspecified atom stereocenters. The number of likely N-dealkylation sites (N-methyl/N-ethyl adjacent to an activating group) is 2. The van der Waals surface area contributed by atoms with Crippen LogP contribution in [0.3, 0.4) is 0 Å². The summed E-state index contributed by atoms with van der Waals surface area (Å²) in [6.45, 7) is 7.92. The third-order valence-corrected chi connectivity index (χ3v) is 4.31. The van der Waals surface area contributed by atoms with Crippen molar-refractivity contribution in [2.45, 2.75) is 19.5 Å². The highest BCUT2D eigenvalue weighted by Gasteiger charge is 2.22. The lowest BCUT2D eigenvalue weighted by Gasteiger charge is -2.37. The van der Waals surface area contributed by atoms with Crippen LogP contribution < -0.4 is 5.32 Å². The van der Waals surface area contributed by atoms with E-state index in [1.165, 1.54) is 5.56 Å². The van der Waals surface area contributed by atoms with Crippen LogP contribution in [-0.2, 0) is 13.6 Å². The number of halogens is 1. The van der Waals surface area contributed by atoms with Gasteiger partial charge in [0.15, 0.2) is 5.96 Å². The average Bonchev–Trinajstić information content (AvgIpc) is 2.91. The van der Waals surface area contributed by atoms with Gasteiger partial charge in [-0.05, 0) is 21.0 Å². The van der Waals surface area contributed by atoms with E-state index in [-0.39, 0.29) is 24.0 Å². The van der Waals surface area contributed by atoms with E-state index in [9.17, 15) is 0 Å². The Bertz CT molecular complexity index is 516. The SMILES string of the molecule is CCNC(=NCC1CN(C)CCN1C)N(C)Cc1cnn(C)c1.I. The lowest BCUT2D eigenvalue weighted by Crippen LogP contribution is -2.51. The van der Waals surface area contributed by atoms with Gasteiger partial charge in [-0.1, -0.05) is 0 Å². The van der Waals surface area contributed by atoms with Crippen LogP contribution in [0, 0.1) is 0 Å². The van der Waals surface area contributed by atoms with E-state index in [1.54, 1.807) is 0 Å². The minimum absolute atomic E-state index is 0. The standard InChI is InChI=1S/C16H31N7.HI/c1-6-17-16(22(4)11-14-9-19-23(5)12-14)18-10-15-13-20(2)7-8-21(15)3;/h9,12,15H,6-8,10-11,13H2,1-5H3,(H,17,18);1H. The number of rotatable bonds is 5. The molecule has 1 aliphatic rings. The molecule has 138 valence electrons. The fourth-order valence-corrected chi connectivity index (χ4v) is 2.86. The van der Waals surface area contributed by atoms with Crippen molar-refractivity contribution in [1.29, 1.82) is 0 Å². The Kier molecular flexibility index (Phi) is 8.99. The van der Waals surface area contributed by atoms with Crippen molar-refractivity contribution in [2.75, 3.05) is 53.9 Å². The lowest BCUT2D eigenvalue weighted by molar-refractivity contribution is 0.119. The number of aromatic nitrogens is 2. The Labute approximate surface area is 163 Å². The molecule has 1 N–H and O–H groups in total. The highest BCUT2D eigenvalue weighted by molar-refractivity contribution is 14.0. The predicted molar refractivity (Wildman–Crippen MR) is 110 cm³/mol. The molecule has 1 aliphatic heterocycles. The molecule has 2 rings (SSSR count). The number of nitrogens with one attached hydrogen (secondary N) is 1. The fraction of sp³-hybridized carbons (Fsp3) is 0.750. The lowest BCUT2D eigenvalue weighted by atomic mass is 10.2. The van der Waals surface area contributed by atoms with Gasteiger partial charge in [-0.3, -0.25) is 14.6 Å². The Morgan fingerprint density at radius 1 is 1.38 bits per heavy atom. The molecule has 1 saturated heterocycles. The third kappa shape index (κ3) is 6.21. The number of hydrogen-bond acceptors (Lipinski definition) is 4. The van der Waals surface area contributed by atoms with Crippen LogP contribution in [0.2, 0.25) is 0 Å². The van der Waals surface area contributed by atoms with Gasteiger partial charge in [0.1, 0.15) is 0 Å². The molecule has 7 nitrogen and oxygen atoms in total. The van der Waals surface area contributed by atoms with Gasteiger partial charge in [-0.2, -0.15) is 5.10 Å². The third-order valence-electron chi connectivity index (χ3n) is 4.31. The monoisotopic (exact) mass is 449 g/mol. The molecule has 0 bridgehead atoms. The number of nitrogens with zero attached hydrogens (tertiary/aromatic N) is 6. The van der Waals surface area contributed by atoms with Crippen molar-refractivity contribution in [3.63, 3.8) is 0 Å². The Morgan fingerprint density at radius 2 is 2.12 bits per heavy atom. The van der Waals surface area contributed by atoms with Crippen LogP contribution in [0.5, 0.6) is 0 Å². The summed E-state index contributed by atoms with van der Waals surface area (Å²) in [4.78, 5) is 11.8. The molecule has 0 spiro atoms. The van der Waals surface area contributed by atoms with Crippen LogP contribution in [0.15, 0.2) is 17.4 Å². The van der Waals surface area contributed by atoms with Crippen molar-refractivity contribution in [1.82, 2.24) is 29.8 Å². The molecule has 1 aromatic heterocycles. The normalized spacial score (nSPS) is 19.9. The Morgan fingerprint density at radius 3 is 2.75 bits per heavy atom. The number of aliphatic imine (C=N–C) groups is 1. The molecule has 0 aromatic carbocycles. The summed E-state index contributed by atoms with van der Waals surface area (Å²) in [5, 5.41) is 7.62. The molecular weight excluding hydrogens is 417 g/mol. The highest BCUT2D eigenvalue weighted by Crippen LogP contribution is 2.07. The Hall–Kier alpha value is -0.870. The molecule has 24 heavy (non-hydrogen) atoms. The van der Waals surface area contributed by atoms with Crippen LogP contribution in [0.1, 0.15) is 12.5 Å². The van der Waals surface area contributed by atoms with Crippen LogP contribution >= 0.6 is 24.0 Å². The summed E-state index contributed by atoms with van der Waals surface area (Å²) in [6.07, 6.45) is 3.95. The summed E-state index contributed by atoms with van der Waals surface area (Å²) >= 11 is 0. The first-order chi connectivity index (χ1) is 11.0. The van der Waals surface area contributed by atoms with Crippen molar-refractivity contribution in [3.05, 3.63) is 18.0 Å². The summed E-state index contributed by atoms with van der Waals surface area (Å²) in [5.41, 5.74) is 1.19. The first kappa shape index (κ1) is 21.2. The zero-order valence-corrected chi connectivity index (χ0v) is 17.9. The molecule has 1 atom stereocenters. The van der Waals surface area contributed by atoms with E-state index in [1.807, 2.05) is 24.1 Å². The van der Waals surface area contributed by atoms with Crippen LogP contribution in [0.4, 0.5) is 0 Å². The number of piperazine rings is 1. The average molecular weight is 449 g/mol. The topological polar surface area (TPSA) is 51.9 Å². The maximum atomic E-state index is 4.86. The molecule has 8 heteroatoms. The minimum Gasteiger partial charge on any atom is -0.357 e. The second kappa shape index (κ2) is 10.2. The molecule has 0 aliphatic carbocycles. The predicted octanol–water partition coefficient (Wildman–Crippen LogP) is 0.681. The smallest absolute Gasteiger partial charge is 0.194 e. The summed E-state index contributed by atoms with van der Waals surface area (Å²) in [7, 11) is 8.40. The first-order valence-corrected chi connectivity index (χ1v) is 8.35. The van der Waals surface area contributed by atoms with Gasteiger partial charge in [-0.15, -0.1) is 24.0 Å². The van der Waals surface area contributed by atoms with Gasteiger partial charge in [0, 0.05) is 64.6 Å². The molecule has 2 heterocycles. The number of aryl methyl sites for hydroxylation is 1. The second-order valence-electron chi connectivity index (χ2n) is 6.47. The molecule has 1 aromatic rings. The van der Waals surface area contributed by atoms with Gasteiger partial charge < -0.3 is 15.1 Å². The van der Waals surface area contributed by atoms with Crippen LogP contribution in [0.25, 0.3) is 0 Å². The zero-order chi connectivity index (χ0) is 16.8. The molecule has 0 radical (unpaired) electrons. The first-order valence-electron chi connectivity index (χ1n) is 8.35. The maximum Gasteiger partial charge on any atom is 0.194 e.